The monoisotopic (exact) mass is 432 g/mol. The fraction of sp³-hybridized carbons (Fsp3) is 0.316. The van der Waals surface area contributed by atoms with Crippen molar-refractivity contribution < 1.29 is 23.8 Å². The molecular weight excluding hydrogens is 412 g/mol. The Kier molecular flexibility index (Phi) is 7.09. The summed E-state index contributed by atoms with van der Waals surface area (Å²) in [6, 6.07) is 6.95. The fourth-order valence-electron chi connectivity index (χ4n) is 2.63. The maximum atomic E-state index is 13.1. The number of azo groups is 1. The van der Waals surface area contributed by atoms with Gasteiger partial charge in [-0.2, -0.15) is 0 Å². The highest BCUT2D eigenvalue weighted by Gasteiger charge is 2.23. The summed E-state index contributed by atoms with van der Waals surface area (Å²) in [6.07, 6.45) is 1.06. The standard InChI is InChI=1S/C19H20N4O6S/c1-27-13-6-4-3-5-12(13)21-22-16(19(26)23-7-9-29-10-8-23)18-20-17(25)14(30-18)11-15(24)28-2/h3-6,11H,7-10H2,1-2H3,(H,20,25)/b14-11?,18-16+,22-21?. The van der Waals surface area contributed by atoms with Gasteiger partial charge < -0.3 is 24.1 Å². The van der Waals surface area contributed by atoms with Crippen molar-refractivity contribution in [1.82, 2.24) is 9.88 Å². The van der Waals surface area contributed by atoms with Gasteiger partial charge in [0.1, 0.15) is 20.6 Å². The zero-order chi connectivity index (χ0) is 21.5. The predicted octanol–water partition coefficient (Wildman–Crippen LogP) is 0.149. The number of carbonyl (C=O) groups excluding carboxylic acids is 2. The molecule has 1 aliphatic rings. The molecule has 158 valence electrons. The van der Waals surface area contributed by atoms with E-state index in [1.807, 2.05) is 0 Å². The molecule has 1 N–H and O–H groups in total. The second kappa shape index (κ2) is 9.94. The van der Waals surface area contributed by atoms with E-state index < -0.39 is 17.4 Å². The minimum atomic E-state index is -0.675. The molecular formula is C19H20N4O6S. The van der Waals surface area contributed by atoms with E-state index in [1.54, 1.807) is 29.2 Å². The number of morpholine rings is 1. The summed E-state index contributed by atoms with van der Waals surface area (Å²) in [5, 5.41) is 8.29. The van der Waals surface area contributed by atoms with Crippen LogP contribution in [0.3, 0.4) is 0 Å². The number of nitrogens with zero attached hydrogens (tertiary/aromatic N) is 3. The number of aromatic amines is 1. The van der Waals surface area contributed by atoms with Gasteiger partial charge in [-0.3, -0.25) is 9.59 Å². The van der Waals surface area contributed by atoms with E-state index in [0.717, 1.165) is 17.4 Å². The Hall–Kier alpha value is -3.31. The quantitative estimate of drug-likeness (QED) is 0.530. The van der Waals surface area contributed by atoms with Crippen molar-refractivity contribution in [2.45, 2.75) is 0 Å². The van der Waals surface area contributed by atoms with Crippen molar-refractivity contribution in [3.8, 4) is 5.75 Å². The first-order valence-corrected chi connectivity index (χ1v) is 9.80. The average Bonchev–Trinajstić information content (AvgIpc) is 3.14. The summed E-state index contributed by atoms with van der Waals surface area (Å²) >= 11 is 0.923. The second-order valence-electron chi connectivity index (χ2n) is 6.04. The van der Waals surface area contributed by atoms with E-state index in [1.165, 1.54) is 14.2 Å². The third kappa shape index (κ3) is 4.99. The highest BCUT2D eigenvalue weighted by Crippen LogP contribution is 2.27. The number of benzene rings is 1. The maximum absolute atomic E-state index is 13.1. The maximum Gasteiger partial charge on any atom is 0.332 e. The van der Waals surface area contributed by atoms with E-state index in [4.69, 9.17) is 9.47 Å². The minimum Gasteiger partial charge on any atom is -0.494 e. The van der Waals surface area contributed by atoms with Gasteiger partial charge in [0.15, 0.2) is 5.70 Å². The third-order valence-corrected chi connectivity index (χ3v) is 5.19. The lowest BCUT2D eigenvalue weighted by Gasteiger charge is -2.26. The molecule has 0 atom stereocenters. The lowest BCUT2D eigenvalue weighted by molar-refractivity contribution is -0.133. The van der Waals surface area contributed by atoms with Gasteiger partial charge in [-0.05, 0) is 12.1 Å². The van der Waals surface area contributed by atoms with Crippen LogP contribution >= 0.6 is 11.3 Å². The molecule has 3 rings (SSSR count). The summed E-state index contributed by atoms with van der Waals surface area (Å²) in [4.78, 5) is 41.0. The number of methoxy groups -OCH3 is 2. The largest absolute Gasteiger partial charge is 0.494 e. The van der Waals surface area contributed by atoms with Crippen LogP contribution in [0.2, 0.25) is 0 Å². The number of ether oxygens (including phenoxy) is 3. The Balaban J connectivity index is 2.12. The van der Waals surface area contributed by atoms with Crippen LogP contribution in [-0.4, -0.2) is 62.3 Å². The Bertz CT molecular complexity index is 1130. The summed E-state index contributed by atoms with van der Waals surface area (Å²) in [6.45, 7) is 1.60. The number of rotatable bonds is 5. The van der Waals surface area contributed by atoms with Gasteiger partial charge in [-0.25, -0.2) is 4.79 Å². The van der Waals surface area contributed by atoms with E-state index in [0.29, 0.717) is 37.7 Å². The molecule has 2 heterocycles. The first kappa shape index (κ1) is 21.4. The van der Waals surface area contributed by atoms with Crippen LogP contribution in [-0.2, 0) is 19.1 Å². The van der Waals surface area contributed by atoms with Crippen LogP contribution < -0.4 is 19.5 Å². The molecule has 10 nitrogen and oxygen atoms in total. The number of hydrogen-bond donors (Lipinski definition) is 1. The highest BCUT2D eigenvalue weighted by molar-refractivity contribution is 7.07. The van der Waals surface area contributed by atoms with Crippen molar-refractivity contribution in [1.29, 1.82) is 0 Å². The Morgan fingerprint density at radius 1 is 1.23 bits per heavy atom. The molecule has 0 aliphatic carbocycles. The Labute approximate surface area is 175 Å². The first-order valence-electron chi connectivity index (χ1n) is 8.98. The van der Waals surface area contributed by atoms with Crippen molar-refractivity contribution in [3.63, 3.8) is 0 Å². The molecule has 1 aromatic heterocycles. The predicted molar refractivity (Wildman–Crippen MR) is 109 cm³/mol. The van der Waals surface area contributed by atoms with Gasteiger partial charge in [-0.1, -0.05) is 12.1 Å². The molecule has 11 heteroatoms. The number of para-hydroxylation sites is 1. The minimum absolute atomic E-state index is 0.0468. The molecule has 0 radical (unpaired) electrons. The van der Waals surface area contributed by atoms with E-state index >= 15 is 0 Å². The molecule has 2 aromatic rings. The SMILES string of the molecule is COC(=O)C=c1s/c(=C(/N=Nc2ccccc2OC)C(=O)N2CCOCC2)[nH]c1=O. The van der Waals surface area contributed by atoms with Crippen LogP contribution in [0, 0.1) is 0 Å². The third-order valence-electron chi connectivity index (χ3n) is 4.17. The van der Waals surface area contributed by atoms with Crippen molar-refractivity contribution in [2.24, 2.45) is 10.2 Å². The first-order chi connectivity index (χ1) is 14.5. The molecule has 0 saturated carbocycles. The fourth-order valence-corrected chi connectivity index (χ4v) is 3.52. The number of hydrogen-bond acceptors (Lipinski definition) is 9. The van der Waals surface area contributed by atoms with Gasteiger partial charge >= 0.3 is 5.97 Å². The van der Waals surface area contributed by atoms with E-state index in [2.05, 4.69) is 19.9 Å². The number of carbonyl (C=O) groups is 2. The zero-order valence-electron chi connectivity index (χ0n) is 16.4. The molecule has 0 spiro atoms. The topological polar surface area (TPSA) is 123 Å². The van der Waals surface area contributed by atoms with Crippen LogP contribution in [0.25, 0.3) is 11.8 Å². The van der Waals surface area contributed by atoms with Gasteiger partial charge in [0, 0.05) is 19.2 Å². The lowest BCUT2D eigenvalue weighted by atomic mass is 10.3. The molecule has 30 heavy (non-hydrogen) atoms. The molecule has 1 amide bonds. The van der Waals surface area contributed by atoms with Gasteiger partial charge in [0.25, 0.3) is 11.5 Å². The van der Waals surface area contributed by atoms with Gasteiger partial charge in [-0.15, -0.1) is 21.6 Å². The molecule has 0 bridgehead atoms. The van der Waals surface area contributed by atoms with E-state index in [-0.39, 0.29) is 14.9 Å². The Morgan fingerprint density at radius 2 is 1.97 bits per heavy atom. The summed E-state index contributed by atoms with van der Waals surface area (Å²) in [7, 11) is 2.71. The molecule has 1 fully saturated rings. The smallest absolute Gasteiger partial charge is 0.332 e. The lowest BCUT2D eigenvalue weighted by Crippen LogP contribution is -2.42. The Morgan fingerprint density at radius 3 is 2.67 bits per heavy atom. The normalized spacial score (nSPS) is 15.9. The summed E-state index contributed by atoms with van der Waals surface area (Å²) in [5.41, 5.74) is -0.151. The average molecular weight is 432 g/mol. The molecule has 1 aliphatic heterocycles. The molecule has 1 aromatic carbocycles. The number of amides is 1. The number of H-pyrrole nitrogens is 1. The second-order valence-corrected chi connectivity index (χ2v) is 7.09. The summed E-state index contributed by atoms with van der Waals surface area (Å²) in [5.74, 6) is -0.594. The molecule has 1 saturated heterocycles. The number of aromatic nitrogens is 1. The van der Waals surface area contributed by atoms with Crippen LogP contribution in [0.1, 0.15) is 0 Å². The highest BCUT2D eigenvalue weighted by atomic mass is 32.1. The van der Waals surface area contributed by atoms with Crippen LogP contribution in [0.5, 0.6) is 5.75 Å². The number of thiazole rings is 1. The van der Waals surface area contributed by atoms with Crippen LogP contribution in [0.15, 0.2) is 39.3 Å². The van der Waals surface area contributed by atoms with Crippen molar-refractivity contribution in [3.05, 3.63) is 43.8 Å². The van der Waals surface area contributed by atoms with Crippen LogP contribution in [0.4, 0.5) is 5.69 Å². The van der Waals surface area contributed by atoms with Crippen molar-refractivity contribution in [2.75, 3.05) is 40.5 Å². The zero-order valence-corrected chi connectivity index (χ0v) is 17.2. The number of nitrogens with one attached hydrogen (secondary N) is 1. The summed E-state index contributed by atoms with van der Waals surface area (Å²) < 4.78 is 15.4. The number of esters is 1. The molecule has 0 unspecified atom stereocenters. The van der Waals surface area contributed by atoms with Crippen molar-refractivity contribution >= 4 is 40.7 Å². The van der Waals surface area contributed by atoms with E-state index in [9.17, 15) is 14.4 Å². The van der Waals surface area contributed by atoms with Gasteiger partial charge in [0.2, 0.25) is 0 Å². The van der Waals surface area contributed by atoms with Gasteiger partial charge in [0.05, 0.1) is 27.4 Å².